The molecule has 1 fully saturated rings. The van der Waals surface area contributed by atoms with Gasteiger partial charge in [-0.1, -0.05) is 6.07 Å². The molecule has 0 radical (unpaired) electrons. The minimum absolute atomic E-state index is 0.0943. The third-order valence-electron chi connectivity index (χ3n) is 5.68. The first-order valence-corrected chi connectivity index (χ1v) is 12.0. The summed E-state index contributed by atoms with van der Waals surface area (Å²) in [4.78, 5) is 15.0. The SMILES string of the molecule is Cc1cc(C(=O)N2Cc3cc(CN(C4CC4)S(C)(=O)=O)ccc3OC[C@@H]2C)n(C)n1. The van der Waals surface area contributed by atoms with Gasteiger partial charge in [-0.25, -0.2) is 8.42 Å². The standard InChI is InChI=1S/C21H28N4O4S/c1-14-9-19(23(3)22-14)21(26)24-12-17-10-16(5-8-20(17)29-13-15(24)2)11-25(18-6-7-18)30(4,27)28/h5,8-10,15,18H,6-7,11-13H2,1-4H3/t15-/m0/s1. The minimum Gasteiger partial charge on any atom is -0.491 e. The number of nitrogens with zero attached hydrogens (tertiary/aromatic N) is 4. The summed E-state index contributed by atoms with van der Waals surface area (Å²) in [6.07, 6.45) is 3.08. The number of carbonyl (C=O) groups is 1. The van der Waals surface area contributed by atoms with Gasteiger partial charge in [0.25, 0.3) is 5.91 Å². The molecule has 30 heavy (non-hydrogen) atoms. The van der Waals surface area contributed by atoms with Gasteiger partial charge in [0, 0.05) is 25.2 Å². The quantitative estimate of drug-likeness (QED) is 0.722. The van der Waals surface area contributed by atoms with E-state index < -0.39 is 10.0 Å². The van der Waals surface area contributed by atoms with Crippen LogP contribution in [-0.2, 0) is 30.2 Å². The lowest BCUT2D eigenvalue weighted by Gasteiger charge is -2.26. The van der Waals surface area contributed by atoms with Crippen molar-refractivity contribution in [3.8, 4) is 5.75 Å². The summed E-state index contributed by atoms with van der Waals surface area (Å²) in [5.74, 6) is 0.641. The second-order valence-corrected chi connectivity index (χ2v) is 10.3. The predicted molar refractivity (Wildman–Crippen MR) is 113 cm³/mol. The molecule has 1 aromatic carbocycles. The normalized spacial score (nSPS) is 19.4. The van der Waals surface area contributed by atoms with Crippen LogP contribution in [0.25, 0.3) is 0 Å². The highest BCUT2D eigenvalue weighted by molar-refractivity contribution is 7.88. The number of amides is 1. The second kappa shape index (κ2) is 7.70. The summed E-state index contributed by atoms with van der Waals surface area (Å²) in [7, 11) is -1.51. The number of rotatable bonds is 5. The molecule has 1 aromatic heterocycles. The maximum Gasteiger partial charge on any atom is 0.272 e. The molecule has 2 aliphatic rings. The zero-order chi connectivity index (χ0) is 21.6. The topological polar surface area (TPSA) is 84.7 Å². The molecule has 8 nitrogen and oxygen atoms in total. The molecular weight excluding hydrogens is 404 g/mol. The van der Waals surface area contributed by atoms with Crippen molar-refractivity contribution in [1.82, 2.24) is 19.0 Å². The van der Waals surface area contributed by atoms with E-state index in [0.29, 0.717) is 25.4 Å². The Morgan fingerprint density at radius 3 is 2.63 bits per heavy atom. The van der Waals surface area contributed by atoms with Crippen LogP contribution < -0.4 is 4.74 Å². The van der Waals surface area contributed by atoms with Crippen LogP contribution in [0.1, 0.15) is 47.1 Å². The summed E-state index contributed by atoms with van der Waals surface area (Å²) in [6.45, 7) is 4.95. The molecule has 1 atom stereocenters. The average molecular weight is 433 g/mol. The van der Waals surface area contributed by atoms with Crippen molar-refractivity contribution in [1.29, 1.82) is 0 Å². The zero-order valence-corrected chi connectivity index (χ0v) is 18.6. The van der Waals surface area contributed by atoms with Gasteiger partial charge in [0.05, 0.1) is 24.5 Å². The van der Waals surface area contributed by atoms with Crippen LogP contribution in [0.15, 0.2) is 24.3 Å². The lowest BCUT2D eigenvalue weighted by atomic mass is 10.1. The van der Waals surface area contributed by atoms with E-state index in [-0.39, 0.29) is 18.0 Å². The second-order valence-electron chi connectivity index (χ2n) is 8.37. The van der Waals surface area contributed by atoms with Crippen molar-refractivity contribution >= 4 is 15.9 Å². The maximum atomic E-state index is 13.2. The molecule has 2 aromatic rings. The van der Waals surface area contributed by atoms with Gasteiger partial charge in [-0.05, 0) is 50.5 Å². The van der Waals surface area contributed by atoms with Crippen molar-refractivity contribution < 1.29 is 17.9 Å². The van der Waals surface area contributed by atoms with Gasteiger partial charge in [0.1, 0.15) is 18.1 Å². The molecule has 2 heterocycles. The van der Waals surface area contributed by atoms with Gasteiger partial charge < -0.3 is 9.64 Å². The Kier molecular flexibility index (Phi) is 5.36. The highest BCUT2D eigenvalue weighted by atomic mass is 32.2. The number of hydrogen-bond acceptors (Lipinski definition) is 5. The minimum atomic E-state index is -3.27. The number of aromatic nitrogens is 2. The third-order valence-corrected chi connectivity index (χ3v) is 6.96. The molecule has 0 bridgehead atoms. The molecule has 1 aliphatic carbocycles. The molecule has 162 valence electrons. The van der Waals surface area contributed by atoms with Crippen molar-refractivity contribution in [3.05, 3.63) is 46.8 Å². The van der Waals surface area contributed by atoms with Crippen molar-refractivity contribution in [3.63, 3.8) is 0 Å². The highest BCUT2D eigenvalue weighted by Crippen LogP contribution is 2.32. The number of ether oxygens (including phenoxy) is 1. The smallest absolute Gasteiger partial charge is 0.272 e. The van der Waals surface area contributed by atoms with Crippen LogP contribution in [0.4, 0.5) is 0 Å². The molecule has 1 aliphatic heterocycles. The zero-order valence-electron chi connectivity index (χ0n) is 17.8. The largest absolute Gasteiger partial charge is 0.491 e. The fourth-order valence-corrected chi connectivity index (χ4v) is 5.06. The number of fused-ring (bicyclic) bond motifs is 1. The molecular formula is C21H28N4O4S. The van der Waals surface area contributed by atoms with E-state index in [1.54, 1.807) is 27.0 Å². The number of benzene rings is 1. The highest BCUT2D eigenvalue weighted by Gasteiger charge is 2.35. The predicted octanol–water partition coefficient (Wildman–Crippen LogP) is 2.08. The van der Waals surface area contributed by atoms with Crippen molar-refractivity contribution in [2.45, 2.75) is 51.9 Å². The first kappa shape index (κ1) is 20.9. The number of carbonyl (C=O) groups excluding carboxylic acids is 1. The van der Waals surface area contributed by atoms with Gasteiger partial charge >= 0.3 is 0 Å². The van der Waals surface area contributed by atoms with Gasteiger partial charge in [-0.15, -0.1) is 0 Å². The summed E-state index contributed by atoms with van der Waals surface area (Å²) in [5.41, 5.74) is 3.11. The first-order valence-electron chi connectivity index (χ1n) is 10.2. The molecule has 1 saturated carbocycles. The number of aryl methyl sites for hydroxylation is 2. The van der Waals surface area contributed by atoms with E-state index in [4.69, 9.17) is 4.74 Å². The number of hydrogen-bond donors (Lipinski definition) is 0. The van der Waals surface area contributed by atoms with Crippen molar-refractivity contribution in [2.24, 2.45) is 7.05 Å². The summed E-state index contributed by atoms with van der Waals surface area (Å²) in [6, 6.07) is 7.53. The lowest BCUT2D eigenvalue weighted by molar-refractivity contribution is 0.0634. The van der Waals surface area contributed by atoms with Crippen LogP contribution in [0, 0.1) is 6.92 Å². The van der Waals surface area contributed by atoms with Crippen LogP contribution in [0.5, 0.6) is 5.75 Å². The van der Waals surface area contributed by atoms with E-state index in [2.05, 4.69) is 5.10 Å². The van der Waals surface area contributed by atoms with E-state index in [1.807, 2.05) is 32.0 Å². The first-order chi connectivity index (χ1) is 14.1. The Hall–Kier alpha value is -2.39. The molecule has 0 N–H and O–H groups in total. The lowest BCUT2D eigenvalue weighted by Crippen LogP contribution is -2.40. The Labute approximate surface area is 177 Å². The van der Waals surface area contributed by atoms with E-state index in [1.165, 1.54) is 6.26 Å². The van der Waals surface area contributed by atoms with Crippen LogP contribution in [0.2, 0.25) is 0 Å². The number of sulfonamides is 1. The molecule has 1 amide bonds. The molecule has 4 rings (SSSR count). The van der Waals surface area contributed by atoms with E-state index >= 15 is 0 Å². The Morgan fingerprint density at radius 2 is 2.03 bits per heavy atom. The van der Waals surface area contributed by atoms with Crippen LogP contribution in [-0.4, -0.2) is 58.3 Å². The molecule has 0 unspecified atom stereocenters. The Morgan fingerprint density at radius 1 is 1.30 bits per heavy atom. The Bertz CT molecular complexity index is 1070. The van der Waals surface area contributed by atoms with Gasteiger partial charge in [0.2, 0.25) is 10.0 Å². The molecule has 0 saturated heterocycles. The summed E-state index contributed by atoms with van der Waals surface area (Å²) < 4.78 is 33.5. The fraction of sp³-hybridized carbons (Fsp3) is 0.524. The van der Waals surface area contributed by atoms with E-state index in [0.717, 1.165) is 35.4 Å². The Balaban J connectivity index is 1.61. The van der Waals surface area contributed by atoms with Gasteiger partial charge in [-0.3, -0.25) is 9.48 Å². The molecule has 9 heteroatoms. The molecule has 0 spiro atoms. The van der Waals surface area contributed by atoms with Crippen LogP contribution in [0.3, 0.4) is 0 Å². The van der Waals surface area contributed by atoms with Gasteiger partial charge in [-0.2, -0.15) is 9.40 Å². The maximum absolute atomic E-state index is 13.2. The summed E-state index contributed by atoms with van der Waals surface area (Å²) >= 11 is 0. The average Bonchev–Trinajstić information content (AvgIpc) is 3.46. The third kappa shape index (κ3) is 4.22. The van der Waals surface area contributed by atoms with Crippen LogP contribution >= 0.6 is 0 Å². The summed E-state index contributed by atoms with van der Waals surface area (Å²) in [5, 5.41) is 4.29. The van der Waals surface area contributed by atoms with Gasteiger partial charge in [0.15, 0.2) is 0 Å². The monoisotopic (exact) mass is 432 g/mol. The van der Waals surface area contributed by atoms with Crippen molar-refractivity contribution in [2.75, 3.05) is 12.9 Å². The van der Waals surface area contributed by atoms with E-state index in [9.17, 15) is 13.2 Å². The fourth-order valence-electron chi connectivity index (χ4n) is 3.92.